The highest BCUT2D eigenvalue weighted by Gasteiger charge is 2.05. The molecule has 5 nitrogen and oxygen atoms in total. The molecule has 2 rings (SSSR count). The number of rotatable bonds is 5. The van der Waals surface area contributed by atoms with Crippen LogP contribution < -0.4 is 10.1 Å². The fourth-order valence-electron chi connectivity index (χ4n) is 1.66. The van der Waals surface area contributed by atoms with E-state index in [0.717, 1.165) is 24.2 Å². The molecule has 2 heterocycles. The standard InChI is InChI=1S/C13H18N4O/c1-4-14-6-11-5-10(2)13(15-7-11)18-12-8-16-17(3)9-12/h5,7-9,14H,4,6H2,1-3H3. The largest absolute Gasteiger partial charge is 0.435 e. The molecule has 96 valence electrons. The Hall–Kier alpha value is -1.88. The van der Waals surface area contributed by atoms with E-state index in [-0.39, 0.29) is 0 Å². The van der Waals surface area contributed by atoms with Crippen LogP contribution in [-0.2, 0) is 13.6 Å². The zero-order chi connectivity index (χ0) is 13.0. The number of hydrogen-bond donors (Lipinski definition) is 1. The summed E-state index contributed by atoms with van der Waals surface area (Å²) >= 11 is 0. The molecule has 0 saturated carbocycles. The predicted octanol–water partition coefficient (Wildman–Crippen LogP) is 2.03. The van der Waals surface area contributed by atoms with Crippen molar-refractivity contribution in [2.75, 3.05) is 6.54 Å². The molecule has 0 aliphatic carbocycles. The lowest BCUT2D eigenvalue weighted by atomic mass is 10.2. The first-order valence-electron chi connectivity index (χ1n) is 6.01. The van der Waals surface area contributed by atoms with Gasteiger partial charge >= 0.3 is 0 Å². The third kappa shape index (κ3) is 3.07. The highest BCUT2D eigenvalue weighted by atomic mass is 16.5. The first-order chi connectivity index (χ1) is 8.69. The van der Waals surface area contributed by atoms with Gasteiger partial charge in [0.1, 0.15) is 0 Å². The molecule has 5 heteroatoms. The Labute approximate surface area is 107 Å². The van der Waals surface area contributed by atoms with Crippen LogP contribution >= 0.6 is 0 Å². The number of pyridine rings is 1. The lowest BCUT2D eigenvalue weighted by molar-refractivity contribution is 0.457. The number of hydrogen-bond acceptors (Lipinski definition) is 4. The number of nitrogens with zero attached hydrogens (tertiary/aromatic N) is 3. The van der Waals surface area contributed by atoms with E-state index in [9.17, 15) is 0 Å². The van der Waals surface area contributed by atoms with Crippen molar-refractivity contribution in [3.63, 3.8) is 0 Å². The summed E-state index contributed by atoms with van der Waals surface area (Å²) in [5.41, 5.74) is 2.18. The minimum atomic E-state index is 0.628. The van der Waals surface area contributed by atoms with Gasteiger partial charge in [-0.05, 0) is 25.1 Å². The fourth-order valence-corrected chi connectivity index (χ4v) is 1.66. The van der Waals surface area contributed by atoms with Crippen molar-refractivity contribution in [1.29, 1.82) is 0 Å². The van der Waals surface area contributed by atoms with E-state index in [2.05, 4.69) is 28.4 Å². The number of nitrogens with one attached hydrogen (secondary N) is 1. The average molecular weight is 246 g/mol. The summed E-state index contributed by atoms with van der Waals surface area (Å²) in [6.45, 7) is 5.86. The molecule has 0 atom stereocenters. The summed E-state index contributed by atoms with van der Waals surface area (Å²) < 4.78 is 7.37. The third-order valence-corrected chi connectivity index (χ3v) is 2.56. The van der Waals surface area contributed by atoms with Crippen molar-refractivity contribution in [3.8, 4) is 11.6 Å². The summed E-state index contributed by atoms with van der Waals surface area (Å²) in [7, 11) is 1.85. The lowest BCUT2D eigenvalue weighted by Crippen LogP contribution is -2.12. The van der Waals surface area contributed by atoms with E-state index in [1.54, 1.807) is 10.9 Å². The summed E-state index contributed by atoms with van der Waals surface area (Å²) in [6, 6.07) is 2.08. The zero-order valence-electron chi connectivity index (χ0n) is 11.0. The van der Waals surface area contributed by atoms with Crippen LogP contribution in [0.15, 0.2) is 24.7 Å². The minimum Gasteiger partial charge on any atom is -0.435 e. The fraction of sp³-hybridized carbons (Fsp3) is 0.385. The van der Waals surface area contributed by atoms with Gasteiger partial charge < -0.3 is 10.1 Å². The molecule has 0 saturated heterocycles. The second-order valence-electron chi connectivity index (χ2n) is 4.20. The Morgan fingerprint density at radius 1 is 1.39 bits per heavy atom. The molecule has 0 fully saturated rings. The maximum Gasteiger partial charge on any atom is 0.222 e. The van der Waals surface area contributed by atoms with Crippen molar-refractivity contribution >= 4 is 0 Å². The summed E-state index contributed by atoms with van der Waals surface area (Å²) in [4.78, 5) is 4.34. The zero-order valence-corrected chi connectivity index (χ0v) is 11.0. The molecule has 2 aromatic rings. The van der Waals surface area contributed by atoms with Gasteiger partial charge in [0, 0.05) is 25.4 Å². The Kier molecular flexibility index (Phi) is 3.94. The summed E-state index contributed by atoms with van der Waals surface area (Å²) in [5.74, 6) is 1.33. The molecule has 0 unspecified atom stereocenters. The van der Waals surface area contributed by atoms with Gasteiger partial charge in [-0.3, -0.25) is 4.68 Å². The normalized spacial score (nSPS) is 10.6. The Morgan fingerprint density at radius 2 is 2.22 bits per heavy atom. The van der Waals surface area contributed by atoms with Crippen molar-refractivity contribution < 1.29 is 4.74 Å². The van der Waals surface area contributed by atoms with Crippen LogP contribution in [0.4, 0.5) is 0 Å². The monoisotopic (exact) mass is 246 g/mol. The molecule has 0 aliphatic rings. The van der Waals surface area contributed by atoms with Crippen LogP contribution in [0.3, 0.4) is 0 Å². The SMILES string of the molecule is CCNCc1cnc(Oc2cnn(C)c2)c(C)c1. The van der Waals surface area contributed by atoms with E-state index in [0.29, 0.717) is 11.6 Å². The molecule has 0 amide bonds. The average Bonchev–Trinajstić information content (AvgIpc) is 2.75. The number of ether oxygens (including phenoxy) is 1. The molecule has 0 radical (unpaired) electrons. The maximum absolute atomic E-state index is 5.67. The first kappa shape index (κ1) is 12.6. The maximum atomic E-state index is 5.67. The lowest BCUT2D eigenvalue weighted by Gasteiger charge is -2.07. The topological polar surface area (TPSA) is 52.0 Å². The summed E-state index contributed by atoms with van der Waals surface area (Å²) in [6.07, 6.45) is 5.32. The van der Waals surface area contributed by atoms with Crippen LogP contribution in [-0.4, -0.2) is 21.3 Å². The van der Waals surface area contributed by atoms with Gasteiger partial charge in [0.2, 0.25) is 5.88 Å². The Balaban J connectivity index is 2.09. The van der Waals surface area contributed by atoms with Crippen LogP contribution in [0.25, 0.3) is 0 Å². The van der Waals surface area contributed by atoms with Gasteiger partial charge in [0.25, 0.3) is 0 Å². The molecular formula is C13H18N4O. The summed E-state index contributed by atoms with van der Waals surface area (Å²) in [5, 5.41) is 7.32. The first-order valence-corrected chi connectivity index (χ1v) is 6.01. The van der Waals surface area contributed by atoms with Crippen molar-refractivity contribution in [2.24, 2.45) is 7.05 Å². The van der Waals surface area contributed by atoms with Gasteiger partial charge in [-0.2, -0.15) is 5.10 Å². The molecule has 0 aromatic carbocycles. The van der Waals surface area contributed by atoms with Gasteiger partial charge in [-0.25, -0.2) is 4.98 Å². The van der Waals surface area contributed by atoms with Gasteiger partial charge in [-0.15, -0.1) is 0 Å². The van der Waals surface area contributed by atoms with E-state index in [1.807, 2.05) is 26.4 Å². The van der Waals surface area contributed by atoms with Crippen LogP contribution in [0.2, 0.25) is 0 Å². The van der Waals surface area contributed by atoms with E-state index < -0.39 is 0 Å². The molecule has 1 N–H and O–H groups in total. The van der Waals surface area contributed by atoms with E-state index >= 15 is 0 Å². The van der Waals surface area contributed by atoms with Crippen LogP contribution in [0.5, 0.6) is 11.6 Å². The van der Waals surface area contributed by atoms with Crippen molar-refractivity contribution in [1.82, 2.24) is 20.1 Å². The quantitative estimate of drug-likeness (QED) is 0.877. The van der Waals surface area contributed by atoms with Crippen LogP contribution in [0.1, 0.15) is 18.1 Å². The third-order valence-electron chi connectivity index (χ3n) is 2.56. The smallest absolute Gasteiger partial charge is 0.222 e. The van der Waals surface area contributed by atoms with E-state index in [4.69, 9.17) is 4.74 Å². The predicted molar refractivity (Wildman–Crippen MR) is 69.6 cm³/mol. The highest BCUT2D eigenvalue weighted by molar-refractivity contribution is 5.32. The second-order valence-corrected chi connectivity index (χ2v) is 4.20. The van der Waals surface area contributed by atoms with E-state index in [1.165, 1.54) is 0 Å². The molecule has 0 aliphatic heterocycles. The van der Waals surface area contributed by atoms with Crippen molar-refractivity contribution in [3.05, 3.63) is 35.8 Å². The van der Waals surface area contributed by atoms with Crippen LogP contribution in [0, 0.1) is 6.92 Å². The number of aryl methyl sites for hydroxylation is 2. The Bertz CT molecular complexity index is 521. The molecule has 0 spiro atoms. The van der Waals surface area contributed by atoms with Gasteiger partial charge in [-0.1, -0.05) is 6.92 Å². The molecular weight excluding hydrogens is 228 g/mol. The second kappa shape index (κ2) is 5.64. The molecule has 18 heavy (non-hydrogen) atoms. The Morgan fingerprint density at radius 3 is 2.83 bits per heavy atom. The molecule has 0 bridgehead atoms. The van der Waals surface area contributed by atoms with Crippen molar-refractivity contribution in [2.45, 2.75) is 20.4 Å². The van der Waals surface area contributed by atoms with Gasteiger partial charge in [0.15, 0.2) is 5.75 Å². The molecule has 2 aromatic heterocycles. The highest BCUT2D eigenvalue weighted by Crippen LogP contribution is 2.22. The van der Waals surface area contributed by atoms with Gasteiger partial charge in [0.05, 0.1) is 12.4 Å². The minimum absolute atomic E-state index is 0.628. The number of aromatic nitrogens is 3.